The molecule has 0 bridgehead atoms. The van der Waals surface area contributed by atoms with Gasteiger partial charge in [-0.2, -0.15) is 11.3 Å². The van der Waals surface area contributed by atoms with Gasteiger partial charge >= 0.3 is 0 Å². The van der Waals surface area contributed by atoms with Gasteiger partial charge in [0.1, 0.15) is 11.5 Å². The molecule has 1 heterocycles. The third kappa shape index (κ3) is 3.64. The van der Waals surface area contributed by atoms with Crippen LogP contribution in [-0.4, -0.2) is 24.8 Å². The highest BCUT2D eigenvalue weighted by molar-refractivity contribution is 7.07. The van der Waals surface area contributed by atoms with E-state index in [1.54, 1.807) is 36.6 Å². The molecule has 6 heteroatoms. The van der Waals surface area contributed by atoms with Crippen LogP contribution in [-0.2, 0) is 6.42 Å². The summed E-state index contributed by atoms with van der Waals surface area (Å²) in [6.07, 6.45) is 0.833. The summed E-state index contributed by atoms with van der Waals surface area (Å²) in [4.78, 5) is 0. The Kier molecular flexibility index (Phi) is 4.84. The Bertz CT molecular complexity index is 582. The van der Waals surface area contributed by atoms with Crippen molar-refractivity contribution in [3.05, 3.63) is 46.2 Å². The molecule has 5 nitrogen and oxygen atoms in total. The van der Waals surface area contributed by atoms with Crippen LogP contribution in [0, 0.1) is 0 Å². The number of hydrogen-bond acceptors (Lipinski definition) is 5. The molecule has 106 valence electrons. The SMILES string of the molecule is COc1cc(OCCc2ccsc2)cc(/C(N)=N/O)c1. The van der Waals surface area contributed by atoms with Crippen LogP contribution < -0.4 is 15.2 Å². The van der Waals surface area contributed by atoms with Crippen molar-refractivity contribution in [2.75, 3.05) is 13.7 Å². The average molecular weight is 292 g/mol. The second kappa shape index (κ2) is 6.81. The largest absolute Gasteiger partial charge is 0.497 e. The Morgan fingerprint density at radius 1 is 1.35 bits per heavy atom. The first-order chi connectivity index (χ1) is 9.72. The van der Waals surface area contributed by atoms with Gasteiger partial charge in [0.05, 0.1) is 13.7 Å². The lowest BCUT2D eigenvalue weighted by Crippen LogP contribution is -2.13. The molecule has 0 fully saturated rings. The van der Waals surface area contributed by atoms with Gasteiger partial charge in [-0.1, -0.05) is 5.16 Å². The molecule has 2 aromatic rings. The van der Waals surface area contributed by atoms with Crippen LogP contribution in [0.15, 0.2) is 40.2 Å². The molecule has 0 unspecified atom stereocenters. The van der Waals surface area contributed by atoms with E-state index in [-0.39, 0.29) is 5.84 Å². The maximum atomic E-state index is 8.73. The van der Waals surface area contributed by atoms with Crippen LogP contribution >= 0.6 is 11.3 Å². The molecule has 0 saturated heterocycles. The van der Waals surface area contributed by atoms with Gasteiger partial charge in [0, 0.05) is 18.1 Å². The summed E-state index contributed by atoms with van der Waals surface area (Å²) in [7, 11) is 1.56. The van der Waals surface area contributed by atoms with E-state index in [1.807, 2.05) is 5.38 Å². The minimum absolute atomic E-state index is 0.0200. The first-order valence-electron chi connectivity index (χ1n) is 6.04. The van der Waals surface area contributed by atoms with E-state index in [2.05, 4.69) is 16.6 Å². The van der Waals surface area contributed by atoms with E-state index < -0.39 is 0 Å². The standard InChI is InChI=1S/C14H16N2O3S/c1-18-12-6-11(14(15)16-17)7-13(8-12)19-4-2-10-3-5-20-9-10/h3,5-9,17H,2,4H2,1H3,(H2,15,16). The van der Waals surface area contributed by atoms with Crippen LogP contribution in [0.5, 0.6) is 11.5 Å². The Morgan fingerprint density at radius 3 is 2.80 bits per heavy atom. The zero-order chi connectivity index (χ0) is 14.4. The molecule has 0 aliphatic rings. The Morgan fingerprint density at radius 2 is 2.15 bits per heavy atom. The highest BCUT2D eigenvalue weighted by atomic mass is 32.1. The summed E-state index contributed by atoms with van der Waals surface area (Å²) in [6, 6.07) is 7.23. The van der Waals surface area contributed by atoms with Crippen molar-refractivity contribution in [3.8, 4) is 11.5 Å². The summed E-state index contributed by atoms with van der Waals surface area (Å²) < 4.78 is 10.9. The molecular weight excluding hydrogens is 276 g/mol. The minimum Gasteiger partial charge on any atom is -0.497 e. The highest BCUT2D eigenvalue weighted by Crippen LogP contribution is 2.23. The van der Waals surface area contributed by atoms with Crippen LogP contribution in [0.3, 0.4) is 0 Å². The van der Waals surface area contributed by atoms with Gasteiger partial charge in [-0.05, 0) is 34.5 Å². The normalized spacial score (nSPS) is 11.3. The zero-order valence-corrected chi connectivity index (χ0v) is 11.9. The molecule has 1 aromatic carbocycles. The van der Waals surface area contributed by atoms with Gasteiger partial charge in [-0.3, -0.25) is 0 Å². The second-order valence-electron chi connectivity index (χ2n) is 4.11. The summed E-state index contributed by atoms with van der Waals surface area (Å²) in [6.45, 7) is 0.555. The van der Waals surface area contributed by atoms with Gasteiger partial charge in [0.2, 0.25) is 0 Å². The van der Waals surface area contributed by atoms with Gasteiger partial charge in [0.25, 0.3) is 0 Å². The summed E-state index contributed by atoms with van der Waals surface area (Å²) >= 11 is 1.67. The maximum Gasteiger partial charge on any atom is 0.170 e. The van der Waals surface area contributed by atoms with Crippen molar-refractivity contribution < 1.29 is 14.7 Å². The summed E-state index contributed by atoms with van der Waals surface area (Å²) in [5.41, 5.74) is 7.38. The lowest BCUT2D eigenvalue weighted by Gasteiger charge is -2.10. The Hall–Kier alpha value is -2.21. The first kappa shape index (κ1) is 14.2. The molecule has 3 N–H and O–H groups in total. The molecule has 0 radical (unpaired) electrons. The fourth-order valence-corrected chi connectivity index (χ4v) is 2.40. The lowest BCUT2D eigenvalue weighted by molar-refractivity contribution is 0.317. The fourth-order valence-electron chi connectivity index (χ4n) is 1.70. The van der Waals surface area contributed by atoms with E-state index in [4.69, 9.17) is 20.4 Å². The van der Waals surface area contributed by atoms with Gasteiger partial charge < -0.3 is 20.4 Å². The first-order valence-corrected chi connectivity index (χ1v) is 6.98. The Labute approximate surface area is 121 Å². The number of nitrogens with zero attached hydrogens (tertiary/aromatic N) is 1. The third-order valence-corrected chi connectivity index (χ3v) is 3.49. The van der Waals surface area contributed by atoms with Gasteiger partial charge in [-0.25, -0.2) is 0 Å². The Balaban J connectivity index is 2.06. The predicted molar refractivity (Wildman–Crippen MR) is 79.0 cm³/mol. The molecular formula is C14H16N2O3S. The van der Waals surface area contributed by atoms with Gasteiger partial charge in [-0.15, -0.1) is 0 Å². The van der Waals surface area contributed by atoms with Crippen LogP contribution in [0.2, 0.25) is 0 Å². The molecule has 0 spiro atoms. The topological polar surface area (TPSA) is 77.1 Å². The quantitative estimate of drug-likeness (QED) is 0.371. The van der Waals surface area contributed by atoms with Crippen molar-refractivity contribution in [1.82, 2.24) is 0 Å². The highest BCUT2D eigenvalue weighted by Gasteiger charge is 2.06. The van der Waals surface area contributed by atoms with Crippen LogP contribution in [0.1, 0.15) is 11.1 Å². The molecule has 0 aliphatic heterocycles. The van der Waals surface area contributed by atoms with Crippen LogP contribution in [0.25, 0.3) is 0 Å². The number of hydrogen-bond donors (Lipinski definition) is 2. The molecule has 1 aromatic heterocycles. The van der Waals surface area contributed by atoms with E-state index in [9.17, 15) is 0 Å². The third-order valence-electron chi connectivity index (χ3n) is 2.76. The van der Waals surface area contributed by atoms with E-state index in [0.29, 0.717) is 23.7 Å². The number of oxime groups is 1. The van der Waals surface area contributed by atoms with Gasteiger partial charge in [0.15, 0.2) is 5.84 Å². The molecule has 0 saturated carbocycles. The smallest absolute Gasteiger partial charge is 0.170 e. The number of thiophene rings is 1. The van der Waals surface area contributed by atoms with E-state index >= 15 is 0 Å². The second-order valence-corrected chi connectivity index (χ2v) is 4.89. The zero-order valence-electron chi connectivity index (χ0n) is 11.1. The molecule has 0 amide bonds. The number of rotatable bonds is 6. The molecule has 20 heavy (non-hydrogen) atoms. The molecule has 0 atom stereocenters. The maximum absolute atomic E-state index is 8.73. The van der Waals surface area contributed by atoms with Crippen molar-refractivity contribution in [1.29, 1.82) is 0 Å². The van der Waals surface area contributed by atoms with E-state index in [1.165, 1.54) is 5.56 Å². The van der Waals surface area contributed by atoms with Crippen LogP contribution in [0.4, 0.5) is 0 Å². The molecule has 2 rings (SSSR count). The average Bonchev–Trinajstić information content (AvgIpc) is 2.99. The number of amidine groups is 1. The van der Waals surface area contributed by atoms with Crippen molar-refractivity contribution in [2.45, 2.75) is 6.42 Å². The summed E-state index contributed by atoms with van der Waals surface area (Å²) in [5, 5.41) is 15.8. The van der Waals surface area contributed by atoms with Crippen molar-refractivity contribution in [2.24, 2.45) is 10.9 Å². The van der Waals surface area contributed by atoms with Crippen molar-refractivity contribution >= 4 is 17.2 Å². The van der Waals surface area contributed by atoms with Crippen molar-refractivity contribution in [3.63, 3.8) is 0 Å². The lowest BCUT2D eigenvalue weighted by atomic mass is 10.2. The number of ether oxygens (including phenoxy) is 2. The predicted octanol–water partition coefficient (Wildman–Crippen LogP) is 2.47. The number of methoxy groups -OCH3 is 1. The van der Waals surface area contributed by atoms with E-state index in [0.717, 1.165) is 6.42 Å². The number of benzene rings is 1. The number of nitrogens with two attached hydrogens (primary N) is 1. The minimum atomic E-state index is 0.0200. The summed E-state index contributed by atoms with van der Waals surface area (Å²) in [5.74, 6) is 1.24. The fraction of sp³-hybridized carbons (Fsp3) is 0.214. The monoisotopic (exact) mass is 292 g/mol. The molecule has 0 aliphatic carbocycles.